The second-order valence-electron chi connectivity index (χ2n) is 4.13. The molecule has 1 fully saturated rings. The van der Waals surface area contributed by atoms with Crippen LogP contribution in [0.5, 0.6) is 0 Å². The standard InChI is InChI=1S/C7H16O2Si/c1-5(8)6-7(9-6)10(2,3)4/h5-8H,1-4H3/t5-,6+,7-/m1/s1. The van der Waals surface area contributed by atoms with Gasteiger partial charge in [-0.2, -0.15) is 0 Å². The molecule has 2 nitrogen and oxygen atoms in total. The molecule has 1 aliphatic heterocycles. The van der Waals surface area contributed by atoms with E-state index >= 15 is 0 Å². The van der Waals surface area contributed by atoms with Crippen molar-refractivity contribution in [2.45, 2.75) is 44.5 Å². The Morgan fingerprint density at radius 2 is 1.90 bits per heavy atom. The molecule has 0 unspecified atom stereocenters. The lowest BCUT2D eigenvalue weighted by molar-refractivity contribution is 0.153. The second kappa shape index (κ2) is 2.32. The number of rotatable bonds is 2. The average Bonchev–Trinajstić information content (AvgIpc) is 2.35. The van der Waals surface area contributed by atoms with Crippen molar-refractivity contribution in [1.29, 1.82) is 0 Å². The Bertz CT molecular complexity index is 128. The van der Waals surface area contributed by atoms with Gasteiger partial charge in [-0.1, -0.05) is 19.6 Å². The third-order valence-corrected chi connectivity index (χ3v) is 4.03. The van der Waals surface area contributed by atoms with Crippen molar-refractivity contribution in [3.05, 3.63) is 0 Å². The van der Waals surface area contributed by atoms with Crippen molar-refractivity contribution < 1.29 is 9.84 Å². The van der Waals surface area contributed by atoms with Gasteiger partial charge in [0, 0.05) is 0 Å². The summed E-state index contributed by atoms with van der Waals surface area (Å²) in [5.41, 5.74) is 0.396. The highest BCUT2D eigenvalue weighted by Crippen LogP contribution is 2.33. The first-order chi connectivity index (χ1) is 4.43. The van der Waals surface area contributed by atoms with Gasteiger partial charge in [-0.25, -0.2) is 0 Å². The first-order valence-electron chi connectivity index (χ1n) is 3.76. The lowest BCUT2D eigenvalue weighted by Crippen LogP contribution is -2.32. The van der Waals surface area contributed by atoms with E-state index in [1.165, 1.54) is 0 Å². The summed E-state index contributed by atoms with van der Waals surface area (Å²) in [6.45, 7) is 8.59. The molecule has 0 amide bonds. The number of aliphatic hydroxyl groups excluding tert-OH is 1. The lowest BCUT2D eigenvalue weighted by atomic mass is 10.3. The summed E-state index contributed by atoms with van der Waals surface area (Å²) < 4.78 is 5.35. The Labute approximate surface area is 63.2 Å². The molecule has 0 aliphatic carbocycles. The summed E-state index contributed by atoms with van der Waals surface area (Å²) in [7, 11) is -1.13. The molecule has 0 spiro atoms. The number of aliphatic hydroxyl groups is 1. The molecule has 0 aromatic carbocycles. The molecular formula is C7H16O2Si. The molecule has 60 valence electrons. The van der Waals surface area contributed by atoms with E-state index in [9.17, 15) is 0 Å². The smallest absolute Gasteiger partial charge is 0.106 e. The van der Waals surface area contributed by atoms with Crippen molar-refractivity contribution in [3.63, 3.8) is 0 Å². The van der Waals surface area contributed by atoms with Crippen molar-refractivity contribution in [3.8, 4) is 0 Å². The molecule has 1 aliphatic rings. The number of hydrogen-bond donors (Lipinski definition) is 1. The van der Waals surface area contributed by atoms with E-state index in [-0.39, 0.29) is 12.2 Å². The van der Waals surface area contributed by atoms with Gasteiger partial charge in [0.05, 0.1) is 19.9 Å². The molecule has 0 saturated carbocycles. The van der Waals surface area contributed by atoms with Crippen LogP contribution < -0.4 is 0 Å². The summed E-state index contributed by atoms with van der Waals surface area (Å²) in [5.74, 6) is 0. The summed E-state index contributed by atoms with van der Waals surface area (Å²) >= 11 is 0. The number of epoxide rings is 1. The first kappa shape index (κ1) is 8.24. The van der Waals surface area contributed by atoms with Crippen LogP contribution >= 0.6 is 0 Å². The van der Waals surface area contributed by atoms with Gasteiger partial charge >= 0.3 is 0 Å². The molecule has 0 radical (unpaired) electrons. The van der Waals surface area contributed by atoms with Crippen molar-refractivity contribution >= 4 is 8.07 Å². The molecule has 1 N–H and O–H groups in total. The molecule has 1 heterocycles. The molecule has 0 bridgehead atoms. The molecular weight excluding hydrogens is 144 g/mol. The van der Waals surface area contributed by atoms with E-state index < -0.39 is 8.07 Å². The van der Waals surface area contributed by atoms with Gasteiger partial charge < -0.3 is 9.84 Å². The maximum Gasteiger partial charge on any atom is 0.106 e. The van der Waals surface area contributed by atoms with Crippen LogP contribution in [0.15, 0.2) is 0 Å². The van der Waals surface area contributed by atoms with E-state index in [2.05, 4.69) is 19.6 Å². The minimum absolute atomic E-state index is 0.145. The van der Waals surface area contributed by atoms with Crippen molar-refractivity contribution in [2.24, 2.45) is 0 Å². The predicted molar refractivity (Wildman–Crippen MR) is 43.7 cm³/mol. The van der Waals surface area contributed by atoms with Gasteiger partial charge in [-0.05, 0) is 6.92 Å². The van der Waals surface area contributed by atoms with Gasteiger partial charge in [0.25, 0.3) is 0 Å². The van der Waals surface area contributed by atoms with Crippen LogP contribution in [0.3, 0.4) is 0 Å². The largest absolute Gasteiger partial charge is 0.391 e. The highest BCUT2D eigenvalue weighted by atomic mass is 28.3. The van der Waals surface area contributed by atoms with Gasteiger partial charge in [-0.3, -0.25) is 0 Å². The van der Waals surface area contributed by atoms with Gasteiger partial charge in [-0.15, -0.1) is 0 Å². The maximum atomic E-state index is 9.12. The fraction of sp³-hybridized carbons (Fsp3) is 1.00. The lowest BCUT2D eigenvalue weighted by Gasteiger charge is -2.11. The molecule has 10 heavy (non-hydrogen) atoms. The molecule has 0 aromatic rings. The van der Waals surface area contributed by atoms with Gasteiger partial charge in [0.1, 0.15) is 6.10 Å². The van der Waals surface area contributed by atoms with Crippen molar-refractivity contribution in [2.75, 3.05) is 0 Å². The second-order valence-corrected chi connectivity index (χ2v) is 9.43. The Morgan fingerprint density at radius 3 is 2.00 bits per heavy atom. The Balaban J connectivity index is 2.39. The summed E-state index contributed by atoms with van der Waals surface area (Å²) in [5, 5.41) is 9.12. The zero-order valence-corrected chi connectivity index (χ0v) is 8.09. The fourth-order valence-corrected chi connectivity index (χ4v) is 3.02. The monoisotopic (exact) mass is 160 g/mol. The zero-order valence-electron chi connectivity index (χ0n) is 7.09. The third-order valence-electron chi connectivity index (χ3n) is 1.85. The third kappa shape index (κ3) is 1.59. The SMILES string of the molecule is C[C@@H](O)[C@@H]1O[C@@H]1[Si](C)(C)C. The molecule has 3 heteroatoms. The van der Waals surface area contributed by atoms with Crippen LogP contribution in [-0.4, -0.2) is 31.1 Å². The molecule has 1 saturated heterocycles. The Kier molecular flexibility index (Phi) is 1.91. The van der Waals surface area contributed by atoms with E-state index in [1.54, 1.807) is 6.92 Å². The van der Waals surface area contributed by atoms with Crippen LogP contribution in [0.4, 0.5) is 0 Å². The van der Waals surface area contributed by atoms with Crippen molar-refractivity contribution in [1.82, 2.24) is 0 Å². The van der Waals surface area contributed by atoms with Gasteiger partial charge in [0.2, 0.25) is 0 Å². The van der Waals surface area contributed by atoms with Crippen LogP contribution in [0, 0.1) is 0 Å². The number of hydrogen-bond acceptors (Lipinski definition) is 2. The highest BCUT2D eigenvalue weighted by Gasteiger charge is 2.50. The minimum atomic E-state index is -1.13. The van der Waals surface area contributed by atoms with Crippen LogP contribution in [0.1, 0.15) is 6.92 Å². The van der Waals surface area contributed by atoms with E-state index in [0.717, 1.165) is 0 Å². The quantitative estimate of drug-likeness (QED) is 0.483. The van der Waals surface area contributed by atoms with Crippen LogP contribution in [-0.2, 0) is 4.74 Å². The number of ether oxygens (including phenoxy) is 1. The highest BCUT2D eigenvalue weighted by molar-refractivity contribution is 6.78. The minimum Gasteiger partial charge on any atom is -0.391 e. The average molecular weight is 160 g/mol. The summed E-state index contributed by atoms with van der Waals surface area (Å²) in [6, 6.07) is 0. The predicted octanol–water partition coefficient (Wildman–Crippen LogP) is 1.01. The topological polar surface area (TPSA) is 32.8 Å². The van der Waals surface area contributed by atoms with Crippen LogP contribution in [0.2, 0.25) is 19.6 Å². The van der Waals surface area contributed by atoms with Gasteiger partial charge in [0.15, 0.2) is 0 Å². The van der Waals surface area contributed by atoms with E-state index in [4.69, 9.17) is 9.84 Å². The Hall–Kier alpha value is 0.137. The molecule has 1 rings (SSSR count). The molecule has 0 aromatic heterocycles. The summed E-state index contributed by atoms with van der Waals surface area (Å²) in [6.07, 6.45) is -0.136. The van der Waals surface area contributed by atoms with E-state index in [1.807, 2.05) is 0 Å². The normalized spacial score (nSPS) is 35.7. The first-order valence-corrected chi connectivity index (χ1v) is 7.34. The maximum absolute atomic E-state index is 9.12. The fourth-order valence-electron chi connectivity index (χ4n) is 1.19. The van der Waals surface area contributed by atoms with Crippen LogP contribution in [0.25, 0.3) is 0 Å². The summed E-state index contributed by atoms with van der Waals surface area (Å²) in [4.78, 5) is 0. The molecule has 3 atom stereocenters. The Morgan fingerprint density at radius 1 is 1.40 bits per heavy atom. The zero-order chi connectivity index (χ0) is 7.94. The van der Waals surface area contributed by atoms with E-state index in [0.29, 0.717) is 5.73 Å².